The molecule has 1 amide bonds. The monoisotopic (exact) mass is 472 g/mol. The van der Waals surface area contributed by atoms with Gasteiger partial charge in [0.25, 0.3) is 5.91 Å². The topological polar surface area (TPSA) is 93.7 Å². The van der Waals surface area contributed by atoms with Crippen LogP contribution in [0.3, 0.4) is 0 Å². The lowest BCUT2D eigenvalue weighted by atomic mass is 10.2. The maximum absolute atomic E-state index is 12.7. The second kappa shape index (κ2) is 10.3. The number of hydrogen-bond acceptors (Lipinski definition) is 6. The Labute approximate surface area is 191 Å². The summed E-state index contributed by atoms with van der Waals surface area (Å²) in [5.74, 6) is 0.226. The molecule has 0 saturated carbocycles. The number of benzene rings is 2. The predicted molar refractivity (Wildman–Crippen MR) is 124 cm³/mol. The van der Waals surface area contributed by atoms with Crippen molar-refractivity contribution in [1.29, 1.82) is 0 Å². The van der Waals surface area contributed by atoms with Crippen LogP contribution in [0.2, 0.25) is 0 Å². The van der Waals surface area contributed by atoms with Crippen LogP contribution in [0.5, 0.6) is 5.75 Å². The molecule has 1 unspecified atom stereocenters. The Hall–Kier alpha value is -2.72. The van der Waals surface area contributed by atoms with E-state index in [9.17, 15) is 13.2 Å². The molecular formula is C23H24N2O5S2. The molecule has 1 atom stereocenters. The number of rotatable bonds is 9. The lowest BCUT2D eigenvalue weighted by Crippen LogP contribution is -2.23. The van der Waals surface area contributed by atoms with Gasteiger partial charge in [-0.2, -0.15) is 0 Å². The second-order valence-electron chi connectivity index (χ2n) is 7.36. The first kappa shape index (κ1) is 22.5. The zero-order valence-corrected chi connectivity index (χ0v) is 19.0. The number of hydrogen-bond donors (Lipinski definition) is 2. The first-order chi connectivity index (χ1) is 15.5. The van der Waals surface area contributed by atoms with Crippen molar-refractivity contribution in [3.63, 3.8) is 0 Å². The summed E-state index contributed by atoms with van der Waals surface area (Å²) in [5.41, 5.74) is 0.804. The highest BCUT2D eigenvalue weighted by atomic mass is 32.2. The van der Waals surface area contributed by atoms with Gasteiger partial charge in [0.2, 0.25) is 10.0 Å². The number of ether oxygens (including phenoxy) is 2. The van der Waals surface area contributed by atoms with Crippen molar-refractivity contribution in [2.45, 2.75) is 30.4 Å². The Morgan fingerprint density at radius 1 is 1.12 bits per heavy atom. The van der Waals surface area contributed by atoms with Crippen molar-refractivity contribution < 1.29 is 22.7 Å². The van der Waals surface area contributed by atoms with Gasteiger partial charge in [0, 0.05) is 35.3 Å². The van der Waals surface area contributed by atoms with E-state index in [-0.39, 0.29) is 23.1 Å². The van der Waals surface area contributed by atoms with E-state index in [1.807, 2.05) is 23.6 Å². The van der Waals surface area contributed by atoms with Crippen LogP contribution >= 0.6 is 11.3 Å². The van der Waals surface area contributed by atoms with Crippen molar-refractivity contribution in [3.05, 3.63) is 76.5 Å². The number of carbonyl (C=O) groups excluding carboxylic acids is 1. The number of carbonyl (C=O) groups is 1. The van der Waals surface area contributed by atoms with E-state index in [4.69, 9.17) is 9.47 Å². The zero-order chi connectivity index (χ0) is 22.4. The summed E-state index contributed by atoms with van der Waals surface area (Å²) >= 11 is 1.47. The number of sulfonamides is 1. The van der Waals surface area contributed by atoms with E-state index in [2.05, 4.69) is 10.0 Å². The third-order valence-electron chi connectivity index (χ3n) is 4.97. The van der Waals surface area contributed by atoms with Crippen LogP contribution in [-0.4, -0.2) is 33.6 Å². The maximum atomic E-state index is 12.7. The van der Waals surface area contributed by atoms with Crippen LogP contribution in [0.25, 0.3) is 0 Å². The summed E-state index contributed by atoms with van der Waals surface area (Å²) in [7, 11) is -3.74. The highest BCUT2D eigenvalue weighted by Crippen LogP contribution is 2.21. The van der Waals surface area contributed by atoms with Crippen molar-refractivity contribution in [2.75, 3.05) is 18.5 Å². The molecule has 0 bridgehead atoms. The molecular weight excluding hydrogens is 448 g/mol. The van der Waals surface area contributed by atoms with Crippen molar-refractivity contribution >= 4 is 33.0 Å². The van der Waals surface area contributed by atoms with Crippen LogP contribution in [0, 0.1) is 0 Å². The van der Waals surface area contributed by atoms with Gasteiger partial charge in [-0.15, -0.1) is 11.3 Å². The first-order valence-corrected chi connectivity index (χ1v) is 12.6. The lowest BCUT2D eigenvalue weighted by Gasteiger charge is -2.13. The Morgan fingerprint density at radius 2 is 2.00 bits per heavy atom. The highest BCUT2D eigenvalue weighted by Gasteiger charge is 2.18. The predicted octanol–water partition coefficient (Wildman–Crippen LogP) is 4.04. The van der Waals surface area contributed by atoms with Gasteiger partial charge < -0.3 is 14.8 Å². The fourth-order valence-corrected chi connectivity index (χ4v) is 5.09. The molecule has 9 heteroatoms. The molecule has 1 saturated heterocycles. The normalized spacial score (nSPS) is 16.1. The van der Waals surface area contributed by atoms with Gasteiger partial charge in [0.15, 0.2) is 0 Å². The van der Waals surface area contributed by atoms with Gasteiger partial charge in [-0.05, 0) is 54.6 Å². The molecule has 1 aliphatic rings. The van der Waals surface area contributed by atoms with Crippen LogP contribution < -0.4 is 14.8 Å². The summed E-state index contributed by atoms with van der Waals surface area (Å²) in [6.45, 7) is 1.44. The summed E-state index contributed by atoms with van der Waals surface area (Å²) in [5, 5.41) is 4.68. The van der Waals surface area contributed by atoms with E-state index in [0.29, 0.717) is 18.0 Å². The third kappa shape index (κ3) is 5.95. The Bertz CT molecular complexity index is 1160. The molecule has 1 aliphatic heterocycles. The molecule has 7 nitrogen and oxygen atoms in total. The highest BCUT2D eigenvalue weighted by molar-refractivity contribution is 7.89. The van der Waals surface area contributed by atoms with Gasteiger partial charge in [-0.25, -0.2) is 13.1 Å². The standard InChI is InChI=1S/C23H24N2O5S2/c26-23(25-18-6-2-7-19(14-18)30-16-20-8-3-11-29-20)17-5-1-10-22(13-17)32(27,28)24-15-21-9-4-12-31-21/h1-2,4-7,9-10,12-14,20,24H,3,8,11,15-16H2,(H,25,26). The maximum Gasteiger partial charge on any atom is 0.255 e. The average Bonchev–Trinajstić information content (AvgIpc) is 3.51. The fourth-order valence-electron chi connectivity index (χ4n) is 3.30. The molecule has 1 fully saturated rings. The van der Waals surface area contributed by atoms with E-state index in [1.54, 1.807) is 30.3 Å². The smallest absolute Gasteiger partial charge is 0.255 e. The third-order valence-corrected chi connectivity index (χ3v) is 7.25. The molecule has 2 heterocycles. The SMILES string of the molecule is O=C(Nc1cccc(OCC2CCCO2)c1)c1cccc(S(=O)(=O)NCc2cccs2)c1. The molecule has 1 aromatic heterocycles. The van der Waals surface area contributed by atoms with E-state index in [0.717, 1.165) is 24.3 Å². The van der Waals surface area contributed by atoms with Gasteiger partial charge in [0.1, 0.15) is 12.4 Å². The molecule has 0 radical (unpaired) electrons. The minimum Gasteiger partial charge on any atom is -0.491 e. The number of anilines is 1. The van der Waals surface area contributed by atoms with E-state index < -0.39 is 15.9 Å². The fraction of sp³-hybridized carbons (Fsp3) is 0.261. The van der Waals surface area contributed by atoms with Crippen molar-refractivity contribution in [2.24, 2.45) is 0 Å². The number of amides is 1. The van der Waals surface area contributed by atoms with Crippen LogP contribution in [0.15, 0.2) is 70.9 Å². The molecule has 2 aromatic carbocycles. The van der Waals surface area contributed by atoms with Gasteiger partial charge in [-0.1, -0.05) is 18.2 Å². The first-order valence-electron chi connectivity index (χ1n) is 10.3. The number of thiophene rings is 1. The van der Waals surface area contributed by atoms with Crippen molar-refractivity contribution in [3.8, 4) is 5.75 Å². The Morgan fingerprint density at radius 3 is 2.78 bits per heavy atom. The summed E-state index contributed by atoms with van der Waals surface area (Å²) in [4.78, 5) is 13.7. The quantitative estimate of drug-likeness (QED) is 0.490. The second-order valence-corrected chi connectivity index (χ2v) is 10.2. The molecule has 0 spiro atoms. The molecule has 32 heavy (non-hydrogen) atoms. The van der Waals surface area contributed by atoms with Gasteiger partial charge >= 0.3 is 0 Å². The molecule has 168 valence electrons. The molecule has 3 aromatic rings. The van der Waals surface area contributed by atoms with Gasteiger partial charge in [-0.3, -0.25) is 4.79 Å². The largest absolute Gasteiger partial charge is 0.491 e. The molecule has 4 rings (SSSR count). The summed E-state index contributed by atoms with van der Waals surface area (Å²) in [6, 6.07) is 16.8. The Kier molecular flexibility index (Phi) is 7.21. The average molecular weight is 473 g/mol. The van der Waals surface area contributed by atoms with Crippen LogP contribution in [0.1, 0.15) is 28.1 Å². The minimum absolute atomic E-state index is 0.0374. The molecule has 0 aliphatic carbocycles. The minimum atomic E-state index is -3.74. The van der Waals surface area contributed by atoms with Gasteiger partial charge in [0.05, 0.1) is 11.0 Å². The zero-order valence-electron chi connectivity index (χ0n) is 17.3. The lowest BCUT2D eigenvalue weighted by molar-refractivity contribution is 0.0680. The van der Waals surface area contributed by atoms with E-state index >= 15 is 0 Å². The summed E-state index contributed by atoms with van der Waals surface area (Å²) in [6.07, 6.45) is 2.13. The number of nitrogens with one attached hydrogen (secondary N) is 2. The van der Waals surface area contributed by atoms with Crippen molar-refractivity contribution in [1.82, 2.24) is 4.72 Å². The summed E-state index contributed by atoms with van der Waals surface area (Å²) < 4.78 is 39.1. The Balaban J connectivity index is 1.39. The van der Waals surface area contributed by atoms with Crippen LogP contribution in [0.4, 0.5) is 5.69 Å². The van der Waals surface area contributed by atoms with E-state index in [1.165, 1.54) is 23.5 Å². The molecule has 2 N–H and O–H groups in total. The van der Waals surface area contributed by atoms with Crippen LogP contribution in [-0.2, 0) is 21.3 Å².